The van der Waals surface area contributed by atoms with Gasteiger partial charge in [0.25, 0.3) is 0 Å². The van der Waals surface area contributed by atoms with Crippen LogP contribution in [0.4, 0.5) is 4.79 Å². The molecule has 1 heterocycles. The number of methoxy groups -OCH3 is 3. The van der Waals surface area contributed by atoms with Crippen molar-refractivity contribution < 1.29 is 28.5 Å². The maximum Gasteiger partial charge on any atom is 0.315 e. The van der Waals surface area contributed by atoms with Gasteiger partial charge in [0.05, 0.1) is 27.9 Å². The molecule has 8 nitrogen and oxygen atoms in total. The third-order valence-electron chi connectivity index (χ3n) is 4.28. The first kappa shape index (κ1) is 19.5. The van der Waals surface area contributed by atoms with Crippen LogP contribution in [0.15, 0.2) is 36.4 Å². The molecule has 8 heteroatoms. The molecule has 1 atom stereocenters. The van der Waals surface area contributed by atoms with Crippen molar-refractivity contribution in [1.82, 2.24) is 10.6 Å². The Kier molecular flexibility index (Phi) is 6.31. The van der Waals surface area contributed by atoms with Crippen LogP contribution in [0, 0.1) is 0 Å². The average Bonchev–Trinajstić information content (AvgIpc) is 2.75. The van der Waals surface area contributed by atoms with Crippen LogP contribution in [0.2, 0.25) is 0 Å². The van der Waals surface area contributed by atoms with Gasteiger partial charge in [0.1, 0.15) is 12.4 Å². The van der Waals surface area contributed by atoms with Crippen molar-refractivity contribution in [2.45, 2.75) is 12.6 Å². The lowest BCUT2D eigenvalue weighted by Gasteiger charge is -2.26. The summed E-state index contributed by atoms with van der Waals surface area (Å²) < 4.78 is 27.4. The van der Waals surface area contributed by atoms with Crippen molar-refractivity contribution in [2.75, 3.05) is 34.5 Å². The van der Waals surface area contributed by atoms with Crippen LogP contribution in [0.3, 0.4) is 0 Å². The zero-order valence-corrected chi connectivity index (χ0v) is 16.1. The normalized spacial score (nSPS) is 14.8. The average molecular weight is 388 g/mol. The quantitative estimate of drug-likeness (QED) is 0.757. The van der Waals surface area contributed by atoms with Gasteiger partial charge in [-0.05, 0) is 18.2 Å². The molecule has 150 valence electrons. The van der Waals surface area contributed by atoms with Gasteiger partial charge in [0, 0.05) is 18.2 Å². The molecule has 0 fully saturated rings. The largest absolute Gasteiger partial charge is 0.496 e. The van der Waals surface area contributed by atoms with Crippen molar-refractivity contribution in [1.29, 1.82) is 0 Å². The molecule has 0 aromatic heterocycles. The zero-order chi connectivity index (χ0) is 19.9. The number of ether oxygens (including phenoxy) is 5. The van der Waals surface area contributed by atoms with Crippen molar-refractivity contribution in [3.05, 3.63) is 42.0 Å². The Morgan fingerprint density at radius 3 is 2.39 bits per heavy atom. The fourth-order valence-corrected chi connectivity index (χ4v) is 2.84. The minimum atomic E-state index is -0.320. The van der Waals surface area contributed by atoms with E-state index in [-0.39, 0.29) is 18.7 Å². The van der Waals surface area contributed by atoms with E-state index in [4.69, 9.17) is 23.7 Å². The number of nitrogens with one attached hydrogen (secondary N) is 2. The van der Waals surface area contributed by atoms with Gasteiger partial charge in [-0.15, -0.1) is 0 Å². The highest BCUT2D eigenvalue weighted by Gasteiger charge is 2.21. The zero-order valence-electron chi connectivity index (χ0n) is 16.1. The van der Waals surface area contributed by atoms with E-state index in [1.54, 1.807) is 33.5 Å². The van der Waals surface area contributed by atoms with Crippen molar-refractivity contribution >= 4 is 6.03 Å². The third kappa shape index (κ3) is 4.51. The summed E-state index contributed by atoms with van der Waals surface area (Å²) in [5, 5.41) is 5.59. The molecule has 2 amide bonds. The first-order valence-corrected chi connectivity index (χ1v) is 8.83. The van der Waals surface area contributed by atoms with Gasteiger partial charge in [0.15, 0.2) is 29.1 Å². The smallest absolute Gasteiger partial charge is 0.315 e. The van der Waals surface area contributed by atoms with Crippen LogP contribution >= 0.6 is 0 Å². The molecule has 2 aromatic rings. The maximum atomic E-state index is 12.2. The summed E-state index contributed by atoms with van der Waals surface area (Å²) in [7, 11) is 4.67. The molecule has 3 rings (SSSR count). The number of carbonyl (C=O) groups is 1. The topological polar surface area (TPSA) is 87.3 Å². The van der Waals surface area contributed by atoms with Gasteiger partial charge in [-0.2, -0.15) is 0 Å². The Bertz CT molecular complexity index is 826. The van der Waals surface area contributed by atoms with Crippen LogP contribution in [-0.4, -0.2) is 46.6 Å². The van der Waals surface area contributed by atoms with Crippen molar-refractivity contribution in [2.24, 2.45) is 0 Å². The summed E-state index contributed by atoms with van der Waals surface area (Å²) in [6.45, 7) is 0.963. The highest BCUT2D eigenvalue weighted by Crippen LogP contribution is 2.34. The molecule has 0 radical (unpaired) electrons. The number of amides is 2. The molecular formula is C20H24N2O6. The number of urea groups is 1. The molecular weight excluding hydrogens is 364 g/mol. The molecule has 2 N–H and O–H groups in total. The summed E-state index contributed by atoms with van der Waals surface area (Å²) in [5.41, 5.74) is 0.765. The van der Waals surface area contributed by atoms with E-state index in [1.807, 2.05) is 24.3 Å². The van der Waals surface area contributed by atoms with Gasteiger partial charge in [-0.25, -0.2) is 4.79 Å². The molecule has 0 spiro atoms. The molecule has 0 bridgehead atoms. The minimum Gasteiger partial charge on any atom is -0.496 e. The van der Waals surface area contributed by atoms with Gasteiger partial charge in [-0.1, -0.05) is 12.1 Å². The second-order valence-electron chi connectivity index (χ2n) is 6.08. The molecule has 0 saturated heterocycles. The Morgan fingerprint density at radius 1 is 1.00 bits per heavy atom. The Morgan fingerprint density at radius 2 is 1.68 bits per heavy atom. The van der Waals surface area contributed by atoms with Gasteiger partial charge in [0.2, 0.25) is 0 Å². The Balaban J connectivity index is 1.52. The lowest BCUT2D eigenvalue weighted by Crippen LogP contribution is -2.44. The lowest BCUT2D eigenvalue weighted by atomic mass is 10.1. The van der Waals surface area contributed by atoms with Crippen LogP contribution in [0.5, 0.6) is 28.7 Å². The Labute approximate surface area is 163 Å². The van der Waals surface area contributed by atoms with Crippen LogP contribution in [0.1, 0.15) is 5.56 Å². The monoisotopic (exact) mass is 388 g/mol. The molecule has 1 aliphatic heterocycles. The molecule has 1 aliphatic rings. The van der Waals surface area contributed by atoms with E-state index in [1.165, 1.54) is 0 Å². The summed E-state index contributed by atoms with van der Waals surface area (Å²) in [5.74, 6) is 3.10. The number of hydrogen-bond acceptors (Lipinski definition) is 6. The maximum absolute atomic E-state index is 12.2. The standard InChI is InChI=1S/C20H24N2O6/c1-24-17-9-19(26-3)18(25-2)8-13(17)10-21-20(23)22-11-14-12-27-15-6-4-5-7-16(15)28-14/h4-9,14H,10-12H2,1-3H3,(H2,21,22,23). The molecule has 0 saturated carbocycles. The summed E-state index contributed by atoms with van der Waals surface area (Å²) in [6.07, 6.45) is -0.253. The van der Waals surface area contributed by atoms with E-state index >= 15 is 0 Å². The number of carbonyl (C=O) groups excluding carboxylic acids is 1. The fourth-order valence-electron chi connectivity index (χ4n) is 2.84. The summed E-state index contributed by atoms with van der Waals surface area (Å²) in [4.78, 5) is 12.2. The summed E-state index contributed by atoms with van der Waals surface area (Å²) in [6, 6.07) is 10.6. The van der Waals surface area contributed by atoms with Crippen LogP contribution in [0.25, 0.3) is 0 Å². The molecule has 1 unspecified atom stereocenters. The SMILES string of the molecule is COc1cc(OC)c(OC)cc1CNC(=O)NCC1COc2ccccc2O1. The van der Waals surface area contributed by atoms with Gasteiger partial charge >= 0.3 is 6.03 Å². The van der Waals surface area contributed by atoms with E-state index in [0.717, 1.165) is 5.56 Å². The van der Waals surface area contributed by atoms with E-state index in [9.17, 15) is 4.79 Å². The van der Waals surface area contributed by atoms with E-state index in [2.05, 4.69) is 10.6 Å². The van der Waals surface area contributed by atoms with Gasteiger partial charge in [-0.3, -0.25) is 0 Å². The number of benzene rings is 2. The van der Waals surface area contributed by atoms with Gasteiger partial charge < -0.3 is 34.3 Å². The highest BCUT2D eigenvalue weighted by atomic mass is 16.6. The fraction of sp³-hybridized carbons (Fsp3) is 0.350. The molecule has 2 aromatic carbocycles. The second kappa shape index (κ2) is 9.07. The summed E-state index contributed by atoms with van der Waals surface area (Å²) >= 11 is 0. The number of hydrogen-bond donors (Lipinski definition) is 2. The minimum absolute atomic E-state index is 0.253. The second-order valence-corrected chi connectivity index (χ2v) is 6.08. The van der Waals surface area contributed by atoms with Crippen LogP contribution in [-0.2, 0) is 6.54 Å². The number of para-hydroxylation sites is 2. The van der Waals surface area contributed by atoms with Crippen molar-refractivity contribution in [3.63, 3.8) is 0 Å². The van der Waals surface area contributed by atoms with Crippen LogP contribution < -0.4 is 34.3 Å². The number of fused-ring (bicyclic) bond motifs is 1. The Hall–Kier alpha value is -3.29. The highest BCUT2D eigenvalue weighted by molar-refractivity contribution is 5.74. The predicted octanol–water partition coefficient (Wildman–Crippen LogP) is 2.35. The lowest BCUT2D eigenvalue weighted by molar-refractivity contribution is 0.0918. The molecule has 28 heavy (non-hydrogen) atoms. The third-order valence-corrected chi connectivity index (χ3v) is 4.28. The van der Waals surface area contributed by atoms with E-state index < -0.39 is 0 Å². The molecule has 0 aliphatic carbocycles. The van der Waals surface area contributed by atoms with Crippen molar-refractivity contribution in [3.8, 4) is 28.7 Å². The predicted molar refractivity (Wildman–Crippen MR) is 103 cm³/mol. The first-order valence-electron chi connectivity index (χ1n) is 8.83. The van der Waals surface area contributed by atoms with E-state index in [0.29, 0.717) is 41.9 Å². The number of rotatable bonds is 7. The first-order chi connectivity index (χ1) is 13.6.